The molecule has 0 radical (unpaired) electrons. The Bertz CT molecular complexity index is 313. The van der Waals surface area contributed by atoms with Crippen molar-refractivity contribution in [1.29, 1.82) is 0 Å². The topological polar surface area (TPSA) is 77.8 Å². The average molecular weight is 246 g/mol. The molecule has 0 aromatic heterocycles. The third kappa shape index (κ3) is 3.01. The van der Waals surface area contributed by atoms with Crippen LogP contribution in [-0.4, -0.2) is 34.1 Å². The number of hydrogen-bond donors (Lipinski definition) is 3. The van der Waals surface area contributed by atoms with Gasteiger partial charge < -0.3 is 0 Å². The third-order valence-corrected chi connectivity index (χ3v) is 3.71. The molecule has 1 aromatic carbocycles. The summed E-state index contributed by atoms with van der Waals surface area (Å²) in [5.74, 6) is 0. The fourth-order valence-corrected chi connectivity index (χ4v) is 2.11. The summed E-state index contributed by atoms with van der Waals surface area (Å²) >= 11 is -4.72. The predicted octanol–water partition coefficient (Wildman–Crippen LogP) is -1.22. The van der Waals surface area contributed by atoms with E-state index in [0.29, 0.717) is 6.42 Å². The Balaban J connectivity index is 2.88. The van der Waals surface area contributed by atoms with Crippen molar-refractivity contribution in [2.24, 2.45) is 0 Å². The summed E-state index contributed by atoms with van der Waals surface area (Å²) in [6.07, 6.45) is 0.508. The monoisotopic (exact) mass is 246 g/mol. The Morgan fingerprint density at radius 3 is 2.08 bits per heavy atom. The molecule has 72 valence electrons. The summed E-state index contributed by atoms with van der Waals surface area (Å²) in [6, 6.07) is 6.05. The van der Waals surface area contributed by atoms with Gasteiger partial charge in [0.25, 0.3) is 0 Å². The van der Waals surface area contributed by atoms with E-state index >= 15 is 0 Å². The van der Waals surface area contributed by atoms with Crippen LogP contribution in [0, 0.1) is 0 Å². The molecule has 1 aromatic rings. The van der Waals surface area contributed by atoms with Crippen LogP contribution < -0.4 is 4.35 Å². The van der Waals surface area contributed by atoms with Crippen LogP contribution in [-0.2, 0) is 10.2 Å². The fourth-order valence-electron chi connectivity index (χ4n) is 0.986. The summed E-state index contributed by atoms with van der Waals surface area (Å²) in [5.41, 5.74) is 0.871. The van der Waals surface area contributed by atoms with Crippen molar-refractivity contribution in [2.75, 3.05) is 6.61 Å². The molecular weight excluding hydrogens is 235 g/mol. The molecule has 0 atom stereocenters. The molecule has 5 heteroatoms. The molecule has 4 nitrogen and oxygen atoms in total. The van der Waals surface area contributed by atoms with E-state index in [9.17, 15) is 3.74 Å². The van der Waals surface area contributed by atoms with Crippen molar-refractivity contribution in [3.05, 3.63) is 29.8 Å². The second-order valence-electron chi connectivity index (χ2n) is 2.68. The van der Waals surface area contributed by atoms with Gasteiger partial charge in [-0.25, -0.2) is 0 Å². The Kier molecular flexibility index (Phi) is 3.33. The first-order valence-electron chi connectivity index (χ1n) is 3.80. The Morgan fingerprint density at radius 2 is 1.69 bits per heavy atom. The van der Waals surface area contributed by atoms with Crippen molar-refractivity contribution >= 4 is 18.5 Å². The zero-order chi connectivity index (χ0) is 9.90. The van der Waals surface area contributed by atoms with Gasteiger partial charge in [-0.1, -0.05) is 0 Å². The van der Waals surface area contributed by atoms with Gasteiger partial charge in [-0.3, -0.25) is 0 Å². The van der Waals surface area contributed by atoms with Gasteiger partial charge in [-0.05, 0) is 0 Å². The summed E-state index contributed by atoms with van der Waals surface area (Å²) in [4.78, 5) is 0. The predicted molar refractivity (Wildman–Crippen MR) is 47.7 cm³/mol. The molecule has 0 aliphatic carbocycles. The van der Waals surface area contributed by atoms with Gasteiger partial charge in [-0.2, -0.15) is 0 Å². The van der Waals surface area contributed by atoms with Gasteiger partial charge in [0.1, 0.15) is 0 Å². The number of benzene rings is 1. The van der Waals surface area contributed by atoms with Gasteiger partial charge in [0.2, 0.25) is 0 Å². The van der Waals surface area contributed by atoms with E-state index in [0.717, 1.165) is 5.56 Å². The number of aliphatic hydroxyl groups excluding tert-OH is 1. The zero-order valence-electron chi connectivity index (χ0n) is 6.92. The summed E-state index contributed by atoms with van der Waals surface area (Å²) in [7, 11) is 0. The van der Waals surface area contributed by atoms with Crippen molar-refractivity contribution in [3.8, 4) is 0 Å². The van der Waals surface area contributed by atoms with Crippen LogP contribution in [0.3, 0.4) is 0 Å². The van der Waals surface area contributed by atoms with Crippen LogP contribution in [0.15, 0.2) is 24.3 Å². The van der Waals surface area contributed by atoms with Crippen molar-refractivity contribution in [2.45, 2.75) is 6.42 Å². The SMILES string of the molecule is O=[As](O)(O)c1ccc(CCO)cc1. The summed E-state index contributed by atoms with van der Waals surface area (Å²) in [5, 5.41) is 8.60. The van der Waals surface area contributed by atoms with Gasteiger partial charge >= 0.3 is 78.4 Å². The second kappa shape index (κ2) is 4.11. The van der Waals surface area contributed by atoms with Crippen molar-refractivity contribution in [1.82, 2.24) is 0 Å². The molecule has 0 amide bonds. The number of rotatable bonds is 3. The normalized spacial score (nSPS) is 11.6. The molecule has 1 rings (SSSR count). The molecule has 0 aliphatic rings. The molecule has 0 heterocycles. The molecule has 0 saturated carbocycles. The maximum absolute atomic E-state index is 10.8. The first kappa shape index (κ1) is 10.5. The molecule has 0 spiro atoms. The Morgan fingerprint density at radius 1 is 1.15 bits per heavy atom. The van der Waals surface area contributed by atoms with Crippen molar-refractivity contribution in [3.63, 3.8) is 0 Å². The first-order chi connectivity index (χ1) is 6.04. The Hall–Kier alpha value is -0.542. The summed E-state index contributed by atoms with van der Waals surface area (Å²) in [6.45, 7) is 0.0419. The van der Waals surface area contributed by atoms with E-state index in [-0.39, 0.29) is 11.0 Å². The fraction of sp³-hybridized carbons (Fsp3) is 0.250. The van der Waals surface area contributed by atoms with E-state index in [1.165, 1.54) is 12.1 Å². The van der Waals surface area contributed by atoms with Crippen LogP contribution in [0.25, 0.3) is 0 Å². The molecule has 0 saturated heterocycles. The van der Waals surface area contributed by atoms with Crippen LogP contribution in [0.5, 0.6) is 0 Å². The third-order valence-electron chi connectivity index (χ3n) is 1.67. The molecule has 3 N–H and O–H groups in total. The van der Waals surface area contributed by atoms with Crippen LogP contribution in [0.2, 0.25) is 0 Å². The van der Waals surface area contributed by atoms with Gasteiger partial charge in [0.15, 0.2) is 0 Å². The second-order valence-corrected chi connectivity index (χ2v) is 6.05. The maximum atomic E-state index is 10.8. The summed E-state index contributed by atoms with van der Waals surface area (Å²) < 4.78 is 28.5. The first-order valence-corrected chi connectivity index (χ1v) is 7.18. The number of aliphatic hydroxyl groups is 1. The van der Waals surface area contributed by atoms with E-state index in [1.54, 1.807) is 12.1 Å². The van der Waals surface area contributed by atoms with Crippen LogP contribution >= 0.6 is 0 Å². The molecule has 0 bridgehead atoms. The minimum atomic E-state index is -4.72. The molecule has 0 fully saturated rings. The van der Waals surface area contributed by atoms with E-state index in [4.69, 9.17) is 13.3 Å². The quantitative estimate of drug-likeness (QED) is 0.584. The van der Waals surface area contributed by atoms with Gasteiger partial charge in [0, 0.05) is 0 Å². The molecule has 0 aliphatic heterocycles. The average Bonchev–Trinajstić information content (AvgIpc) is 2.04. The van der Waals surface area contributed by atoms with E-state index in [2.05, 4.69) is 0 Å². The zero-order valence-corrected chi connectivity index (χ0v) is 8.80. The minimum absolute atomic E-state index is 0.0419. The Labute approximate surface area is 78.8 Å². The van der Waals surface area contributed by atoms with Crippen LogP contribution in [0.1, 0.15) is 5.56 Å². The van der Waals surface area contributed by atoms with Gasteiger partial charge in [-0.15, -0.1) is 0 Å². The van der Waals surface area contributed by atoms with E-state index < -0.39 is 14.2 Å². The molecule has 0 unspecified atom stereocenters. The van der Waals surface area contributed by atoms with Crippen molar-refractivity contribution < 1.29 is 17.0 Å². The standard InChI is InChI=1S/C8H11AsO4/c10-6-5-7-1-3-8(4-2-7)9(11,12)13/h1-4,10H,5-6H2,(H2,11,12,13). The molecule has 13 heavy (non-hydrogen) atoms. The van der Waals surface area contributed by atoms with Gasteiger partial charge in [0.05, 0.1) is 0 Å². The van der Waals surface area contributed by atoms with E-state index in [1.807, 2.05) is 0 Å². The number of hydrogen-bond acceptors (Lipinski definition) is 2. The molecular formula is C8H11AsO4. The van der Waals surface area contributed by atoms with Crippen LogP contribution in [0.4, 0.5) is 0 Å².